The summed E-state index contributed by atoms with van der Waals surface area (Å²) in [5.74, 6) is -1.72. The number of carboxylic acids is 1. The van der Waals surface area contributed by atoms with E-state index in [1.807, 2.05) is 0 Å². The molecular weight excluding hydrogens is 316 g/mol. The first-order valence-electron chi connectivity index (χ1n) is 7.86. The molecule has 0 bridgehead atoms. The molecule has 0 aliphatic carbocycles. The van der Waals surface area contributed by atoms with Crippen LogP contribution in [0.1, 0.15) is 40.0 Å². The number of esters is 1. The first kappa shape index (κ1) is 18.4. The Labute approximate surface area is 139 Å². The summed E-state index contributed by atoms with van der Waals surface area (Å²) in [6, 6.07) is 5.36. The first-order chi connectivity index (χ1) is 11.5. The van der Waals surface area contributed by atoms with Crippen molar-refractivity contribution >= 4 is 11.9 Å². The molecule has 1 aromatic rings. The van der Waals surface area contributed by atoms with Crippen molar-refractivity contribution in [2.75, 3.05) is 26.4 Å². The minimum atomic E-state index is -1.08. The number of carbonyl (C=O) groups is 2. The van der Waals surface area contributed by atoms with Crippen molar-refractivity contribution in [3.8, 4) is 0 Å². The number of aliphatic hydroxyl groups excluding tert-OH is 2. The van der Waals surface area contributed by atoms with Crippen LogP contribution in [0.15, 0.2) is 24.3 Å². The highest BCUT2D eigenvalue weighted by Gasteiger charge is 2.41. The van der Waals surface area contributed by atoms with E-state index < -0.39 is 17.4 Å². The number of ether oxygens (including phenoxy) is 2. The van der Waals surface area contributed by atoms with Crippen molar-refractivity contribution < 1.29 is 34.4 Å². The number of aliphatic hydroxyl groups is 2. The number of carboxylic acid groups (broad SMARTS) is 1. The lowest BCUT2D eigenvalue weighted by Crippen LogP contribution is -2.48. The topological polar surface area (TPSA) is 113 Å². The van der Waals surface area contributed by atoms with Crippen LogP contribution in [0.2, 0.25) is 0 Å². The van der Waals surface area contributed by atoms with Crippen LogP contribution in [0, 0.1) is 5.41 Å². The fraction of sp³-hybridized carbons (Fsp3) is 0.529. The van der Waals surface area contributed by atoms with Gasteiger partial charge < -0.3 is 24.8 Å². The molecule has 0 aromatic heterocycles. The van der Waals surface area contributed by atoms with Crippen molar-refractivity contribution in [2.24, 2.45) is 5.41 Å². The van der Waals surface area contributed by atoms with Gasteiger partial charge in [0.1, 0.15) is 6.61 Å². The molecule has 1 aliphatic heterocycles. The summed E-state index contributed by atoms with van der Waals surface area (Å²) < 4.78 is 10.9. The van der Waals surface area contributed by atoms with E-state index in [1.165, 1.54) is 24.3 Å². The van der Waals surface area contributed by atoms with Crippen molar-refractivity contribution in [2.45, 2.75) is 25.4 Å². The van der Waals surface area contributed by atoms with E-state index in [-0.39, 0.29) is 37.1 Å². The summed E-state index contributed by atoms with van der Waals surface area (Å²) in [6.07, 6.45) is 2.17. The molecule has 1 aliphatic rings. The van der Waals surface area contributed by atoms with Gasteiger partial charge in [0.05, 0.1) is 35.9 Å². The summed E-state index contributed by atoms with van der Waals surface area (Å²) in [7, 11) is 0. The zero-order valence-corrected chi connectivity index (χ0v) is 13.3. The number of aromatic carboxylic acids is 1. The van der Waals surface area contributed by atoms with Crippen molar-refractivity contribution in [1.29, 1.82) is 0 Å². The van der Waals surface area contributed by atoms with Crippen LogP contribution in [0.3, 0.4) is 0 Å². The molecule has 1 heterocycles. The molecule has 24 heavy (non-hydrogen) atoms. The van der Waals surface area contributed by atoms with Gasteiger partial charge in [0.15, 0.2) is 0 Å². The second kappa shape index (κ2) is 8.23. The van der Waals surface area contributed by atoms with E-state index in [0.29, 0.717) is 13.0 Å². The molecule has 1 unspecified atom stereocenters. The van der Waals surface area contributed by atoms with Crippen LogP contribution in [-0.2, 0) is 9.47 Å². The Balaban J connectivity index is 2.02. The number of hydrogen-bond acceptors (Lipinski definition) is 6. The molecule has 1 saturated heterocycles. The second-order valence-electron chi connectivity index (χ2n) is 5.99. The Morgan fingerprint density at radius 3 is 2.25 bits per heavy atom. The van der Waals surface area contributed by atoms with Crippen molar-refractivity contribution in [3.05, 3.63) is 35.4 Å². The van der Waals surface area contributed by atoms with E-state index in [0.717, 1.165) is 12.8 Å². The molecule has 1 aromatic carbocycles. The predicted octanol–water partition coefficient (Wildman–Crippen LogP) is 1.08. The molecule has 0 spiro atoms. The SMILES string of the molecule is O=C(O)c1ccc(C(=O)OCC(CO)(CO)C2CCCCO2)cc1. The van der Waals surface area contributed by atoms with Gasteiger partial charge >= 0.3 is 11.9 Å². The van der Waals surface area contributed by atoms with E-state index in [2.05, 4.69) is 0 Å². The summed E-state index contributed by atoms with van der Waals surface area (Å²) in [4.78, 5) is 22.9. The summed E-state index contributed by atoms with van der Waals surface area (Å²) in [6.45, 7) is -0.347. The molecule has 7 heteroatoms. The van der Waals surface area contributed by atoms with Gasteiger partial charge in [-0.3, -0.25) is 0 Å². The van der Waals surface area contributed by atoms with Gasteiger partial charge in [0.25, 0.3) is 0 Å². The molecule has 0 saturated carbocycles. The van der Waals surface area contributed by atoms with E-state index in [9.17, 15) is 19.8 Å². The lowest BCUT2D eigenvalue weighted by Gasteiger charge is -2.39. The number of carbonyl (C=O) groups excluding carboxylic acids is 1. The molecule has 1 fully saturated rings. The normalized spacial score (nSPS) is 18.2. The van der Waals surface area contributed by atoms with Gasteiger partial charge in [-0.15, -0.1) is 0 Å². The zero-order valence-electron chi connectivity index (χ0n) is 13.3. The third-order valence-corrected chi connectivity index (χ3v) is 4.35. The van der Waals surface area contributed by atoms with Crippen LogP contribution < -0.4 is 0 Å². The Morgan fingerprint density at radius 2 is 1.75 bits per heavy atom. The quantitative estimate of drug-likeness (QED) is 0.638. The van der Waals surface area contributed by atoms with Crippen molar-refractivity contribution in [1.82, 2.24) is 0 Å². The highest BCUT2D eigenvalue weighted by Crippen LogP contribution is 2.31. The Bertz CT molecular complexity index is 557. The average Bonchev–Trinajstić information content (AvgIpc) is 2.63. The molecule has 7 nitrogen and oxygen atoms in total. The zero-order chi connectivity index (χ0) is 17.6. The lowest BCUT2D eigenvalue weighted by atomic mass is 9.81. The van der Waals surface area contributed by atoms with Gasteiger partial charge in [-0.25, -0.2) is 9.59 Å². The molecule has 3 N–H and O–H groups in total. The molecular formula is C17H22O7. The minimum absolute atomic E-state index is 0.0715. The molecule has 0 amide bonds. The third kappa shape index (κ3) is 4.11. The van der Waals surface area contributed by atoms with Crippen LogP contribution >= 0.6 is 0 Å². The standard InChI is InChI=1S/C17H22O7/c18-9-17(10-19,14-3-1-2-8-23-14)11-24-16(22)13-6-4-12(5-7-13)15(20)21/h4-7,14,18-19H,1-3,8-11H2,(H,20,21). The van der Waals surface area contributed by atoms with Gasteiger partial charge in [-0.2, -0.15) is 0 Å². The molecule has 132 valence electrons. The van der Waals surface area contributed by atoms with Crippen LogP contribution in [0.25, 0.3) is 0 Å². The first-order valence-corrected chi connectivity index (χ1v) is 7.86. The van der Waals surface area contributed by atoms with Gasteiger partial charge in [-0.05, 0) is 43.5 Å². The van der Waals surface area contributed by atoms with Crippen molar-refractivity contribution in [3.63, 3.8) is 0 Å². The fourth-order valence-electron chi connectivity index (χ4n) is 2.70. The third-order valence-electron chi connectivity index (χ3n) is 4.35. The summed E-state index contributed by atoms with van der Waals surface area (Å²) in [5.41, 5.74) is -0.770. The lowest BCUT2D eigenvalue weighted by molar-refractivity contribution is -0.131. The maximum absolute atomic E-state index is 12.1. The fourth-order valence-corrected chi connectivity index (χ4v) is 2.70. The summed E-state index contributed by atoms with van der Waals surface area (Å²) >= 11 is 0. The van der Waals surface area contributed by atoms with E-state index >= 15 is 0 Å². The maximum Gasteiger partial charge on any atom is 0.338 e. The molecule has 0 radical (unpaired) electrons. The number of rotatable bonds is 7. The van der Waals surface area contributed by atoms with Crippen LogP contribution in [0.5, 0.6) is 0 Å². The van der Waals surface area contributed by atoms with Gasteiger partial charge in [-0.1, -0.05) is 0 Å². The Hall–Kier alpha value is -1.96. The monoisotopic (exact) mass is 338 g/mol. The molecule has 1 atom stereocenters. The number of benzene rings is 1. The van der Waals surface area contributed by atoms with E-state index in [1.54, 1.807) is 0 Å². The van der Waals surface area contributed by atoms with Crippen LogP contribution in [0.4, 0.5) is 0 Å². The van der Waals surface area contributed by atoms with Crippen LogP contribution in [-0.4, -0.2) is 59.8 Å². The molecule has 2 rings (SSSR count). The number of hydrogen-bond donors (Lipinski definition) is 3. The van der Waals surface area contributed by atoms with Gasteiger partial charge in [0, 0.05) is 6.61 Å². The van der Waals surface area contributed by atoms with Gasteiger partial charge in [0.2, 0.25) is 0 Å². The minimum Gasteiger partial charge on any atom is -0.478 e. The second-order valence-corrected chi connectivity index (χ2v) is 5.99. The predicted molar refractivity (Wildman–Crippen MR) is 83.9 cm³/mol. The average molecular weight is 338 g/mol. The smallest absolute Gasteiger partial charge is 0.338 e. The highest BCUT2D eigenvalue weighted by molar-refractivity contribution is 5.92. The highest BCUT2D eigenvalue weighted by atomic mass is 16.5. The van der Waals surface area contributed by atoms with E-state index in [4.69, 9.17) is 14.6 Å². The largest absolute Gasteiger partial charge is 0.478 e. The Kier molecular flexibility index (Phi) is 6.30. The Morgan fingerprint density at radius 1 is 1.12 bits per heavy atom. The summed E-state index contributed by atoms with van der Waals surface area (Å²) in [5, 5.41) is 28.3. The maximum atomic E-state index is 12.1.